The van der Waals surface area contributed by atoms with E-state index in [1.165, 1.54) is 0 Å². The van der Waals surface area contributed by atoms with E-state index in [-0.39, 0.29) is 22.2 Å². The van der Waals surface area contributed by atoms with Gasteiger partial charge in [0.2, 0.25) is 0 Å². The fraction of sp³-hybridized carbons (Fsp3) is 0.833. The molecule has 4 heteroatoms. The molecule has 1 saturated heterocycles. The van der Waals surface area contributed by atoms with Crippen molar-refractivity contribution in [2.24, 2.45) is 34.5 Å². The van der Waals surface area contributed by atoms with Gasteiger partial charge in [0.1, 0.15) is 11.5 Å². The number of ketones is 1. The van der Waals surface area contributed by atoms with Crippen LogP contribution in [-0.2, 0) is 9.53 Å². The van der Waals surface area contributed by atoms with Crippen molar-refractivity contribution >= 4 is 5.78 Å². The average molecular weight is 384 g/mol. The molecule has 5 aliphatic rings. The molecule has 4 aliphatic carbocycles. The van der Waals surface area contributed by atoms with Crippen LogP contribution >= 0.6 is 0 Å². The molecule has 0 aromatic heterocycles. The molecule has 1 spiro atoms. The monoisotopic (exact) mass is 383 g/mol. The summed E-state index contributed by atoms with van der Waals surface area (Å²) in [6, 6.07) is 2.29. The van der Waals surface area contributed by atoms with E-state index in [1.54, 1.807) is 0 Å². The number of hydrogen-bond acceptors (Lipinski definition) is 4. The lowest BCUT2D eigenvalue weighted by Gasteiger charge is -2.60. The van der Waals surface area contributed by atoms with E-state index < -0.39 is 17.1 Å². The second kappa shape index (κ2) is 5.29. The van der Waals surface area contributed by atoms with Crippen molar-refractivity contribution in [3.63, 3.8) is 0 Å². The third kappa shape index (κ3) is 1.79. The molecule has 5 fully saturated rings. The predicted molar refractivity (Wildman–Crippen MR) is 105 cm³/mol. The number of nitrogens with zero attached hydrogens (tertiary/aromatic N) is 1. The fourth-order valence-corrected chi connectivity index (χ4v) is 8.83. The van der Waals surface area contributed by atoms with Crippen LogP contribution in [0.2, 0.25) is 0 Å². The number of rotatable bonds is 1. The SMILES string of the molecule is C/C=C\[C@]1(O)CC[C@H]2[C@@H]3CC[C@@]45O[C@]4(C)C(=O)[C@H](C#N)C[C@]5(C)[C@H]3CC[C@@]21C. The van der Waals surface area contributed by atoms with E-state index in [0.29, 0.717) is 24.2 Å². The van der Waals surface area contributed by atoms with E-state index in [1.807, 2.05) is 26.0 Å². The number of hydrogen-bond donors (Lipinski definition) is 1. The first-order valence-electron chi connectivity index (χ1n) is 11.1. The quantitative estimate of drug-likeness (QED) is 0.545. The standard InChI is InChI=1S/C24H33NO3/c1-5-9-23(27)11-8-17-16-6-12-24-21(3,18(16)7-10-20(17,23)2)13-15(14-25)19(26)22(24,4)28-24/h5,9,15-18,27H,6-8,10-13H2,1-4H3/b9-5-/t15-,16-,17-,18-,20-,21+,22+,23-,24-/m0/s1. The van der Waals surface area contributed by atoms with Crippen LogP contribution in [0.4, 0.5) is 0 Å². The Morgan fingerprint density at radius 3 is 2.46 bits per heavy atom. The molecule has 1 aliphatic heterocycles. The highest BCUT2D eigenvalue weighted by Gasteiger charge is 2.84. The topological polar surface area (TPSA) is 73.6 Å². The molecule has 1 heterocycles. The summed E-state index contributed by atoms with van der Waals surface area (Å²) in [5, 5.41) is 21.1. The van der Waals surface area contributed by atoms with Gasteiger partial charge >= 0.3 is 0 Å². The maximum Gasteiger partial charge on any atom is 0.184 e. The summed E-state index contributed by atoms with van der Waals surface area (Å²) < 4.78 is 6.31. The van der Waals surface area contributed by atoms with Gasteiger partial charge in [-0.3, -0.25) is 4.79 Å². The normalized spacial score (nSPS) is 59.8. The maximum absolute atomic E-state index is 12.9. The van der Waals surface area contributed by atoms with E-state index in [2.05, 4.69) is 19.9 Å². The van der Waals surface area contributed by atoms with Crippen LogP contribution in [0.1, 0.15) is 72.6 Å². The number of epoxide rings is 1. The smallest absolute Gasteiger partial charge is 0.184 e. The molecule has 152 valence electrons. The molecular formula is C24H33NO3. The summed E-state index contributed by atoms with van der Waals surface area (Å²) in [6.45, 7) is 8.54. The van der Waals surface area contributed by atoms with Crippen molar-refractivity contribution in [2.45, 2.75) is 89.4 Å². The largest absolute Gasteiger partial charge is 0.385 e. The lowest BCUT2D eigenvalue weighted by Crippen LogP contribution is -2.62. The molecule has 28 heavy (non-hydrogen) atoms. The molecule has 4 saturated carbocycles. The number of carbonyl (C=O) groups excluding carboxylic acids is 1. The average Bonchev–Trinajstić information content (AvgIpc) is 3.20. The minimum Gasteiger partial charge on any atom is -0.385 e. The number of Topliss-reactive ketones (excluding diaryl/α,β-unsaturated/α-hetero) is 1. The lowest BCUT2D eigenvalue weighted by molar-refractivity contribution is -0.148. The molecule has 4 nitrogen and oxygen atoms in total. The fourth-order valence-electron chi connectivity index (χ4n) is 8.83. The van der Waals surface area contributed by atoms with Gasteiger partial charge in [-0.15, -0.1) is 0 Å². The summed E-state index contributed by atoms with van der Waals surface area (Å²) in [6.07, 6.45) is 10.6. The Balaban J connectivity index is 1.53. The Morgan fingerprint density at radius 2 is 1.79 bits per heavy atom. The van der Waals surface area contributed by atoms with Crippen LogP contribution in [-0.4, -0.2) is 27.7 Å². The summed E-state index contributed by atoms with van der Waals surface area (Å²) in [5.74, 6) is 0.994. The number of nitriles is 1. The first-order chi connectivity index (χ1) is 13.1. The number of fused-ring (bicyclic) bond motifs is 4. The summed E-state index contributed by atoms with van der Waals surface area (Å²) in [5.41, 5.74) is -2.02. The lowest BCUT2D eigenvalue weighted by atomic mass is 9.42. The van der Waals surface area contributed by atoms with Crippen molar-refractivity contribution in [1.29, 1.82) is 5.26 Å². The highest BCUT2D eigenvalue weighted by molar-refractivity contribution is 5.96. The van der Waals surface area contributed by atoms with E-state index in [9.17, 15) is 15.2 Å². The predicted octanol–water partition coefficient (Wildman–Crippen LogP) is 4.18. The van der Waals surface area contributed by atoms with Gasteiger partial charge in [0.05, 0.1) is 11.7 Å². The van der Waals surface area contributed by atoms with Gasteiger partial charge in [-0.25, -0.2) is 0 Å². The minimum atomic E-state index is -0.756. The number of ether oxygens (including phenoxy) is 1. The molecule has 0 bridgehead atoms. The molecule has 5 rings (SSSR count). The Labute approximate surface area is 168 Å². The molecule has 0 aromatic carbocycles. The summed E-state index contributed by atoms with van der Waals surface area (Å²) in [4.78, 5) is 12.9. The third-order valence-corrected chi connectivity index (χ3v) is 10.3. The zero-order valence-electron chi connectivity index (χ0n) is 17.6. The van der Waals surface area contributed by atoms with Gasteiger partial charge in [0.15, 0.2) is 11.4 Å². The molecule has 9 atom stereocenters. The number of allylic oxidation sites excluding steroid dienone is 1. The Morgan fingerprint density at radius 1 is 1.11 bits per heavy atom. The van der Waals surface area contributed by atoms with Crippen LogP contribution in [0.25, 0.3) is 0 Å². The van der Waals surface area contributed by atoms with E-state index in [4.69, 9.17) is 4.74 Å². The number of carbonyl (C=O) groups is 1. The Bertz CT molecular complexity index is 815. The Hall–Kier alpha value is -1.18. The molecule has 1 N–H and O–H groups in total. The molecule has 0 unspecified atom stereocenters. The zero-order chi connectivity index (χ0) is 20.2. The molecule has 0 amide bonds. The van der Waals surface area contributed by atoms with Crippen molar-refractivity contribution in [1.82, 2.24) is 0 Å². The van der Waals surface area contributed by atoms with Gasteiger partial charge in [-0.1, -0.05) is 26.0 Å². The first kappa shape index (κ1) is 18.8. The van der Waals surface area contributed by atoms with Crippen LogP contribution in [0.3, 0.4) is 0 Å². The summed E-state index contributed by atoms with van der Waals surface area (Å²) >= 11 is 0. The molecular weight excluding hydrogens is 350 g/mol. The van der Waals surface area contributed by atoms with Crippen LogP contribution in [0.5, 0.6) is 0 Å². The van der Waals surface area contributed by atoms with Crippen molar-refractivity contribution in [2.75, 3.05) is 0 Å². The van der Waals surface area contributed by atoms with Crippen LogP contribution < -0.4 is 0 Å². The van der Waals surface area contributed by atoms with Gasteiger partial charge < -0.3 is 9.84 Å². The van der Waals surface area contributed by atoms with Crippen molar-refractivity contribution < 1.29 is 14.6 Å². The van der Waals surface area contributed by atoms with Crippen molar-refractivity contribution in [3.05, 3.63) is 12.2 Å². The first-order valence-corrected chi connectivity index (χ1v) is 11.1. The van der Waals surface area contributed by atoms with Gasteiger partial charge in [0, 0.05) is 10.8 Å². The van der Waals surface area contributed by atoms with Gasteiger partial charge in [0.25, 0.3) is 0 Å². The second-order valence-electron chi connectivity index (χ2n) is 11.0. The third-order valence-electron chi connectivity index (χ3n) is 10.3. The Kier molecular flexibility index (Phi) is 3.56. The minimum absolute atomic E-state index is 0.00916. The van der Waals surface area contributed by atoms with Crippen molar-refractivity contribution in [3.8, 4) is 6.07 Å². The van der Waals surface area contributed by atoms with Gasteiger partial charge in [-0.05, 0) is 76.5 Å². The van der Waals surface area contributed by atoms with Gasteiger partial charge in [-0.2, -0.15) is 5.26 Å². The van der Waals surface area contributed by atoms with Crippen LogP contribution in [0, 0.1) is 45.8 Å². The van der Waals surface area contributed by atoms with E-state index >= 15 is 0 Å². The number of aliphatic hydroxyl groups is 1. The molecule has 0 radical (unpaired) electrons. The second-order valence-corrected chi connectivity index (χ2v) is 11.0. The van der Waals surface area contributed by atoms with Crippen LogP contribution in [0.15, 0.2) is 12.2 Å². The maximum atomic E-state index is 12.9. The highest BCUT2D eigenvalue weighted by atomic mass is 16.6. The van der Waals surface area contributed by atoms with E-state index in [0.717, 1.165) is 38.5 Å². The molecule has 0 aromatic rings. The summed E-state index contributed by atoms with van der Waals surface area (Å²) in [7, 11) is 0. The highest BCUT2D eigenvalue weighted by Crippen LogP contribution is 2.76. The zero-order valence-corrected chi connectivity index (χ0v) is 17.6.